The van der Waals surface area contributed by atoms with Gasteiger partial charge >= 0.3 is 0 Å². The molecule has 5 nitrogen and oxygen atoms in total. The van der Waals surface area contributed by atoms with Crippen LogP contribution in [0, 0.1) is 0 Å². The van der Waals surface area contributed by atoms with Gasteiger partial charge < -0.3 is 15.2 Å². The van der Waals surface area contributed by atoms with Crippen LogP contribution in [0.1, 0.15) is 12.5 Å². The van der Waals surface area contributed by atoms with Crippen LogP contribution in [-0.4, -0.2) is 42.2 Å². The van der Waals surface area contributed by atoms with Crippen LogP contribution in [0.2, 0.25) is 0 Å². The molecule has 2 N–H and O–H groups in total. The van der Waals surface area contributed by atoms with Gasteiger partial charge in [-0.3, -0.25) is 9.69 Å². The van der Waals surface area contributed by atoms with Crippen LogP contribution in [0.3, 0.4) is 0 Å². The average Bonchev–Trinajstić information content (AvgIpc) is 2.31. The van der Waals surface area contributed by atoms with E-state index in [4.69, 9.17) is 9.84 Å². The molecule has 0 bridgehead atoms. The molecule has 1 unspecified atom stereocenters. The van der Waals surface area contributed by atoms with Crippen molar-refractivity contribution in [2.24, 2.45) is 0 Å². The van der Waals surface area contributed by atoms with Crippen LogP contribution in [0.25, 0.3) is 0 Å². The molecule has 1 aliphatic rings. The molecule has 0 aromatic heterocycles. The Kier molecular flexibility index (Phi) is 3.84. The smallest absolute Gasteiger partial charge is 0.265 e. The third-order valence-corrected chi connectivity index (χ3v) is 2.91. The number of benzene rings is 1. The highest BCUT2D eigenvalue weighted by atomic mass is 16.5. The molecule has 0 radical (unpaired) electrons. The van der Waals surface area contributed by atoms with Gasteiger partial charge in [-0.1, -0.05) is 6.07 Å². The van der Waals surface area contributed by atoms with Crippen LogP contribution in [-0.2, 0) is 11.3 Å². The Labute approximate surface area is 106 Å². The number of carbonyl (C=O) groups is 1. The largest absolute Gasteiger partial charge is 0.479 e. The third-order valence-electron chi connectivity index (χ3n) is 2.91. The van der Waals surface area contributed by atoms with Crippen molar-refractivity contribution in [2.45, 2.75) is 19.6 Å². The average molecular weight is 250 g/mol. The van der Waals surface area contributed by atoms with Gasteiger partial charge in [-0.25, -0.2) is 0 Å². The van der Waals surface area contributed by atoms with E-state index < -0.39 is 6.10 Å². The quantitative estimate of drug-likeness (QED) is 0.831. The molecule has 0 saturated carbocycles. The minimum atomic E-state index is -0.444. The van der Waals surface area contributed by atoms with Crippen molar-refractivity contribution in [1.29, 1.82) is 0 Å². The van der Waals surface area contributed by atoms with Gasteiger partial charge in [-0.15, -0.1) is 0 Å². The van der Waals surface area contributed by atoms with Crippen LogP contribution in [0.15, 0.2) is 18.2 Å². The van der Waals surface area contributed by atoms with Crippen molar-refractivity contribution in [3.63, 3.8) is 0 Å². The molecule has 0 aliphatic carbocycles. The number of anilines is 1. The van der Waals surface area contributed by atoms with Crippen LogP contribution in [0.4, 0.5) is 5.69 Å². The number of hydrogen-bond donors (Lipinski definition) is 2. The Morgan fingerprint density at radius 1 is 1.50 bits per heavy atom. The topological polar surface area (TPSA) is 61.8 Å². The van der Waals surface area contributed by atoms with E-state index in [1.54, 1.807) is 6.92 Å². The number of hydrogen-bond acceptors (Lipinski definition) is 4. The van der Waals surface area contributed by atoms with Gasteiger partial charge in [-0.05, 0) is 31.7 Å². The fourth-order valence-corrected chi connectivity index (χ4v) is 1.92. The number of amides is 1. The van der Waals surface area contributed by atoms with Crippen molar-refractivity contribution in [2.75, 3.05) is 25.5 Å². The van der Waals surface area contributed by atoms with Gasteiger partial charge in [0.1, 0.15) is 5.75 Å². The summed E-state index contributed by atoms with van der Waals surface area (Å²) in [6, 6.07) is 5.75. The van der Waals surface area contributed by atoms with E-state index >= 15 is 0 Å². The number of ether oxygens (including phenoxy) is 1. The highest BCUT2D eigenvalue weighted by molar-refractivity contribution is 5.97. The minimum Gasteiger partial charge on any atom is -0.479 e. The lowest BCUT2D eigenvalue weighted by Crippen LogP contribution is -2.34. The van der Waals surface area contributed by atoms with Crippen molar-refractivity contribution in [1.82, 2.24) is 4.90 Å². The zero-order chi connectivity index (χ0) is 13.1. The number of aliphatic hydroxyl groups is 1. The number of carbonyl (C=O) groups excluding carboxylic acids is 1. The molecule has 1 aliphatic heterocycles. The molecule has 0 spiro atoms. The van der Waals surface area contributed by atoms with E-state index in [1.807, 2.05) is 30.1 Å². The van der Waals surface area contributed by atoms with Gasteiger partial charge in [0.15, 0.2) is 6.10 Å². The second-order valence-corrected chi connectivity index (χ2v) is 4.54. The second-order valence-electron chi connectivity index (χ2n) is 4.54. The van der Waals surface area contributed by atoms with Gasteiger partial charge in [0.2, 0.25) is 0 Å². The standard InChI is InChI=1S/C13H18N2O3/c1-9-13(17)14-11-7-10(3-4-12(11)18-9)8-15(2)5-6-16/h3-4,7,9,16H,5-6,8H2,1-2H3,(H,14,17). The second kappa shape index (κ2) is 5.37. The molecule has 5 heteroatoms. The van der Waals surface area contributed by atoms with Crippen molar-refractivity contribution < 1.29 is 14.6 Å². The predicted octanol–water partition coefficient (Wildman–Crippen LogP) is 0.830. The Bertz CT molecular complexity index is 448. The molecule has 18 heavy (non-hydrogen) atoms. The zero-order valence-corrected chi connectivity index (χ0v) is 10.6. The summed E-state index contributed by atoms with van der Waals surface area (Å²) in [4.78, 5) is 13.5. The molecule has 0 fully saturated rings. The number of nitrogens with one attached hydrogen (secondary N) is 1. The first-order chi connectivity index (χ1) is 8.60. The summed E-state index contributed by atoms with van der Waals surface area (Å²) in [6.07, 6.45) is -0.444. The molecule has 98 valence electrons. The Morgan fingerprint density at radius 3 is 3.00 bits per heavy atom. The van der Waals surface area contributed by atoms with Gasteiger partial charge in [0.25, 0.3) is 5.91 Å². The number of aliphatic hydroxyl groups excluding tert-OH is 1. The van der Waals surface area contributed by atoms with Gasteiger partial charge in [0.05, 0.1) is 12.3 Å². The van der Waals surface area contributed by atoms with Crippen LogP contribution in [0.5, 0.6) is 5.75 Å². The first-order valence-corrected chi connectivity index (χ1v) is 6.00. The molecule has 2 rings (SSSR count). The van der Waals surface area contributed by atoms with E-state index in [2.05, 4.69) is 5.32 Å². The highest BCUT2D eigenvalue weighted by Gasteiger charge is 2.23. The molecule has 1 atom stereocenters. The third kappa shape index (κ3) is 2.80. The summed E-state index contributed by atoms with van der Waals surface area (Å²) >= 11 is 0. The van der Waals surface area contributed by atoms with E-state index in [0.29, 0.717) is 18.0 Å². The molecule has 1 aromatic rings. The normalized spacial score (nSPS) is 18.2. The summed E-state index contributed by atoms with van der Waals surface area (Å²) in [5.74, 6) is 0.582. The molecular weight excluding hydrogens is 232 g/mol. The molecule has 0 saturated heterocycles. The summed E-state index contributed by atoms with van der Waals surface area (Å²) in [6.45, 7) is 3.20. The van der Waals surface area contributed by atoms with Crippen LogP contribution >= 0.6 is 0 Å². The number of fused-ring (bicyclic) bond motifs is 1. The summed E-state index contributed by atoms with van der Waals surface area (Å²) < 4.78 is 5.49. The minimum absolute atomic E-state index is 0.122. The van der Waals surface area contributed by atoms with E-state index in [-0.39, 0.29) is 12.5 Å². The number of nitrogens with zero attached hydrogens (tertiary/aromatic N) is 1. The van der Waals surface area contributed by atoms with Crippen molar-refractivity contribution in [3.05, 3.63) is 23.8 Å². The zero-order valence-electron chi connectivity index (χ0n) is 10.6. The van der Waals surface area contributed by atoms with Crippen molar-refractivity contribution in [3.8, 4) is 5.75 Å². The summed E-state index contributed by atoms with van der Waals surface area (Å²) in [7, 11) is 1.94. The van der Waals surface area contributed by atoms with Crippen molar-refractivity contribution >= 4 is 11.6 Å². The summed E-state index contributed by atoms with van der Waals surface area (Å²) in [5, 5.41) is 11.7. The number of rotatable bonds is 4. The molecular formula is C13H18N2O3. The fraction of sp³-hybridized carbons (Fsp3) is 0.462. The molecule has 1 heterocycles. The Morgan fingerprint density at radius 2 is 2.28 bits per heavy atom. The van der Waals surface area contributed by atoms with Crippen LogP contribution < -0.4 is 10.1 Å². The Hall–Kier alpha value is -1.59. The highest BCUT2D eigenvalue weighted by Crippen LogP contribution is 2.30. The monoisotopic (exact) mass is 250 g/mol. The lowest BCUT2D eigenvalue weighted by Gasteiger charge is -2.24. The predicted molar refractivity (Wildman–Crippen MR) is 68.6 cm³/mol. The Balaban J connectivity index is 2.12. The lowest BCUT2D eigenvalue weighted by atomic mass is 10.1. The van der Waals surface area contributed by atoms with Gasteiger partial charge in [-0.2, -0.15) is 0 Å². The molecule has 1 aromatic carbocycles. The maximum absolute atomic E-state index is 11.5. The lowest BCUT2D eigenvalue weighted by molar-refractivity contribution is -0.122. The first kappa shape index (κ1) is 12.9. The summed E-state index contributed by atoms with van der Waals surface area (Å²) in [5.41, 5.74) is 1.79. The SMILES string of the molecule is CC1Oc2ccc(CN(C)CCO)cc2NC1=O. The first-order valence-electron chi connectivity index (χ1n) is 6.00. The van der Waals surface area contributed by atoms with Gasteiger partial charge in [0, 0.05) is 13.1 Å². The van der Waals surface area contributed by atoms with E-state index in [0.717, 1.165) is 12.1 Å². The number of likely N-dealkylation sites (N-methyl/N-ethyl adjacent to an activating group) is 1. The molecule has 1 amide bonds. The fourth-order valence-electron chi connectivity index (χ4n) is 1.92. The maximum Gasteiger partial charge on any atom is 0.265 e. The van der Waals surface area contributed by atoms with E-state index in [9.17, 15) is 4.79 Å². The maximum atomic E-state index is 11.5. The van der Waals surface area contributed by atoms with E-state index in [1.165, 1.54) is 0 Å².